The number of carbonyl (C=O) groups excluding carboxylic acids is 1. The molecule has 1 fully saturated rings. The molecule has 1 heterocycles. The zero-order valence-electron chi connectivity index (χ0n) is 6.79. The molecular weight excluding hydrogens is 146 g/mol. The SMILES string of the molecule is COC(=O)C1(N)CCOC1C. The Balaban J connectivity index is 2.72. The monoisotopic (exact) mass is 159 g/mol. The molecule has 0 spiro atoms. The highest BCUT2D eigenvalue weighted by Gasteiger charge is 2.45. The van der Waals surface area contributed by atoms with Crippen LogP contribution < -0.4 is 5.73 Å². The molecule has 0 amide bonds. The summed E-state index contributed by atoms with van der Waals surface area (Å²) in [6.07, 6.45) is 0.302. The van der Waals surface area contributed by atoms with E-state index in [0.717, 1.165) is 0 Å². The van der Waals surface area contributed by atoms with Gasteiger partial charge in [-0.25, -0.2) is 4.79 Å². The van der Waals surface area contributed by atoms with Crippen molar-refractivity contribution in [1.82, 2.24) is 0 Å². The number of rotatable bonds is 1. The lowest BCUT2D eigenvalue weighted by Gasteiger charge is -2.23. The van der Waals surface area contributed by atoms with Gasteiger partial charge in [-0.05, 0) is 6.92 Å². The maximum atomic E-state index is 11.1. The van der Waals surface area contributed by atoms with Crippen LogP contribution in [0, 0.1) is 0 Å². The van der Waals surface area contributed by atoms with E-state index in [1.807, 2.05) is 0 Å². The van der Waals surface area contributed by atoms with Crippen LogP contribution in [0.25, 0.3) is 0 Å². The molecule has 11 heavy (non-hydrogen) atoms. The topological polar surface area (TPSA) is 61.5 Å². The smallest absolute Gasteiger partial charge is 0.328 e. The van der Waals surface area contributed by atoms with Gasteiger partial charge in [-0.3, -0.25) is 0 Å². The van der Waals surface area contributed by atoms with Crippen molar-refractivity contribution in [2.45, 2.75) is 25.0 Å². The molecule has 2 N–H and O–H groups in total. The third kappa shape index (κ3) is 1.23. The van der Waals surface area contributed by atoms with Gasteiger partial charge in [0.05, 0.1) is 13.2 Å². The minimum atomic E-state index is -0.922. The lowest BCUT2D eigenvalue weighted by molar-refractivity contribution is -0.148. The summed E-state index contributed by atoms with van der Waals surface area (Å²) < 4.78 is 9.73. The minimum absolute atomic E-state index is 0.241. The van der Waals surface area contributed by atoms with Gasteiger partial charge in [0.2, 0.25) is 0 Å². The third-order valence-corrected chi connectivity index (χ3v) is 2.17. The summed E-state index contributed by atoms with van der Waals surface area (Å²) in [5.74, 6) is -0.387. The van der Waals surface area contributed by atoms with Crippen LogP contribution in [0.2, 0.25) is 0 Å². The number of esters is 1. The second kappa shape index (κ2) is 2.79. The Kier molecular flexibility index (Phi) is 2.15. The highest BCUT2D eigenvalue weighted by atomic mass is 16.5. The van der Waals surface area contributed by atoms with Crippen LogP contribution in [-0.2, 0) is 14.3 Å². The molecule has 1 aliphatic rings. The Labute approximate surface area is 65.7 Å². The normalized spacial score (nSPS) is 37.2. The molecule has 4 heteroatoms. The largest absolute Gasteiger partial charge is 0.468 e. The molecule has 0 aliphatic carbocycles. The van der Waals surface area contributed by atoms with Crippen molar-refractivity contribution in [2.75, 3.05) is 13.7 Å². The quantitative estimate of drug-likeness (QED) is 0.532. The van der Waals surface area contributed by atoms with Gasteiger partial charge in [0.1, 0.15) is 5.54 Å². The van der Waals surface area contributed by atoms with E-state index in [1.54, 1.807) is 6.92 Å². The zero-order chi connectivity index (χ0) is 8.48. The molecule has 0 bridgehead atoms. The second-order valence-corrected chi connectivity index (χ2v) is 2.79. The van der Waals surface area contributed by atoms with Gasteiger partial charge < -0.3 is 15.2 Å². The Hall–Kier alpha value is -0.610. The van der Waals surface area contributed by atoms with E-state index in [-0.39, 0.29) is 12.1 Å². The Morgan fingerprint density at radius 2 is 2.45 bits per heavy atom. The maximum Gasteiger partial charge on any atom is 0.328 e. The molecule has 1 aliphatic heterocycles. The average Bonchev–Trinajstić information content (AvgIpc) is 2.32. The summed E-state index contributed by atoms with van der Waals surface area (Å²) in [4.78, 5) is 11.1. The molecular formula is C7H13NO3. The molecule has 0 aromatic heterocycles. The molecule has 0 aromatic carbocycles. The first-order chi connectivity index (χ1) is 5.11. The minimum Gasteiger partial charge on any atom is -0.468 e. The number of hydrogen-bond donors (Lipinski definition) is 1. The van der Waals surface area contributed by atoms with E-state index < -0.39 is 5.54 Å². The number of methoxy groups -OCH3 is 1. The highest BCUT2D eigenvalue weighted by Crippen LogP contribution is 2.23. The molecule has 1 saturated heterocycles. The van der Waals surface area contributed by atoms with Gasteiger partial charge in [-0.1, -0.05) is 0 Å². The first-order valence-electron chi connectivity index (χ1n) is 3.60. The van der Waals surface area contributed by atoms with Gasteiger partial charge in [0.15, 0.2) is 0 Å². The fourth-order valence-electron chi connectivity index (χ4n) is 1.21. The standard InChI is InChI=1S/C7H13NO3/c1-5-7(8,3-4-11-5)6(9)10-2/h5H,3-4,8H2,1-2H3. The van der Waals surface area contributed by atoms with Crippen molar-refractivity contribution in [3.8, 4) is 0 Å². The molecule has 2 atom stereocenters. The summed E-state index contributed by atoms with van der Waals surface area (Å²) in [6.45, 7) is 2.32. The summed E-state index contributed by atoms with van der Waals surface area (Å²) in [6, 6.07) is 0. The van der Waals surface area contributed by atoms with E-state index in [2.05, 4.69) is 4.74 Å². The second-order valence-electron chi connectivity index (χ2n) is 2.79. The lowest BCUT2D eigenvalue weighted by atomic mass is 9.94. The van der Waals surface area contributed by atoms with Gasteiger partial charge >= 0.3 is 5.97 Å². The number of carbonyl (C=O) groups is 1. The van der Waals surface area contributed by atoms with Crippen LogP contribution in [0.4, 0.5) is 0 Å². The predicted molar refractivity (Wildman–Crippen MR) is 39.0 cm³/mol. The van der Waals surface area contributed by atoms with E-state index in [9.17, 15) is 4.79 Å². The first kappa shape index (κ1) is 8.49. The maximum absolute atomic E-state index is 11.1. The zero-order valence-corrected chi connectivity index (χ0v) is 6.79. The van der Waals surface area contributed by atoms with E-state index in [0.29, 0.717) is 13.0 Å². The molecule has 1 rings (SSSR count). The van der Waals surface area contributed by atoms with E-state index in [4.69, 9.17) is 10.5 Å². The molecule has 2 unspecified atom stereocenters. The summed E-state index contributed by atoms with van der Waals surface area (Å²) >= 11 is 0. The van der Waals surface area contributed by atoms with Crippen molar-refractivity contribution in [2.24, 2.45) is 5.73 Å². The number of ether oxygens (including phenoxy) is 2. The van der Waals surface area contributed by atoms with Crippen molar-refractivity contribution in [1.29, 1.82) is 0 Å². The molecule has 64 valence electrons. The average molecular weight is 159 g/mol. The van der Waals surface area contributed by atoms with Crippen molar-refractivity contribution in [3.05, 3.63) is 0 Å². The van der Waals surface area contributed by atoms with Gasteiger partial charge in [-0.2, -0.15) is 0 Å². The fourth-order valence-corrected chi connectivity index (χ4v) is 1.21. The van der Waals surface area contributed by atoms with Crippen molar-refractivity contribution >= 4 is 5.97 Å². The van der Waals surface area contributed by atoms with Crippen LogP contribution in [0.3, 0.4) is 0 Å². The summed E-state index contributed by atoms with van der Waals surface area (Å²) in [5, 5.41) is 0. The Morgan fingerprint density at radius 3 is 2.82 bits per heavy atom. The lowest BCUT2D eigenvalue weighted by Crippen LogP contribution is -2.53. The van der Waals surface area contributed by atoms with Crippen LogP contribution in [0.1, 0.15) is 13.3 Å². The molecule has 0 radical (unpaired) electrons. The van der Waals surface area contributed by atoms with Gasteiger partial charge in [0.25, 0.3) is 0 Å². The van der Waals surface area contributed by atoms with Crippen LogP contribution in [0.5, 0.6) is 0 Å². The number of hydrogen-bond acceptors (Lipinski definition) is 4. The van der Waals surface area contributed by atoms with Crippen LogP contribution in [0.15, 0.2) is 0 Å². The third-order valence-electron chi connectivity index (χ3n) is 2.17. The molecule has 0 saturated carbocycles. The molecule has 0 aromatic rings. The summed E-state index contributed by atoms with van der Waals surface area (Å²) in [7, 11) is 1.34. The molecule has 4 nitrogen and oxygen atoms in total. The van der Waals surface area contributed by atoms with Gasteiger partial charge in [-0.15, -0.1) is 0 Å². The van der Waals surface area contributed by atoms with Gasteiger partial charge in [0, 0.05) is 13.0 Å². The highest BCUT2D eigenvalue weighted by molar-refractivity contribution is 5.81. The predicted octanol–water partition coefficient (Wildman–Crippen LogP) is -0.334. The Bertz CT molecular complexity index is 171. The van der Waals surface area contributed by atoms with Crippen molar-refractivity contribution in [3.63, 3.8) is 0 Å². The van der Waals surface area contributed by atoms with Crippen LogP contribution in [-0.4, -0.2) is 31.3 Å². The first-order valence-corrected chi connectivity index (χ1v) is 3.60. The van der Waals surface area contributed by atoms with Crippen LogP contribution >= 0.6 is 0 Å². The Morgan fingerprint density at radius 1 is 1.82 bits per heavy atom. The summed E-state index contributed by atoms with van der Waals surface area (Å²) in [5.41, 5.74) is 4.84. The number of nitrogens with two attached hydrogens (primary N) is 1. The van der Waals surface area contributed by atoms with Crippen molar-refractivity contribution < 1.29 is 14.3 Å². The van der Waals surface area contributed by atoms with E-state index in [1.165, 1.54) is 7.11 Å². The fraction of sp³-hybridized carbons (Fsp3) is 0.857. The van der Waals surface area contributed by atoms with E-state index >= 15 is 0 Å².